The van der Waals surface area contributed by atoms with Gasteiger partial charge in [-0.05, 0) is 31.1 Å². The monoisotopic (exact) mass is 957 g/mol. The first-order chi connectivity index (χ1) is 30.4. The Morgan fingerprint density at radius 2 is 1.19 bits per heavy atom. The van der Waals surface area contributed by atoms with E-state index in [1.807, 2.05) is 0 Å². The second-order valence-electron chi connectivity index (χ2n) is 17.9. The molecule has 16 nitrogen and oxygen atoms in total. The molecule has 1 aliphatic rings. The van der Waals surface area contributed by atoms with Crippen molar-refractivity contribution < 1.29 is 76.9 Å². The van der Waals surface area contributed by atoms with Gasteiger partial charge in [-0.2, -0.15) is 0 Å². The van der Waals surface area contributed by atoms with Crippen LogP contribution in [-0.4, -0.2) is 104 Å². The Labute approximate surface area is 383 Å². The number of carbonyl (C=O) groups is 2. The highest BCUT2D eigenvalue weighted by Gasteiger charge is 2.39. The van der Waals surface area contributed by atoms with Gasteiger partial charge in [0.1, 0.15) is 12.7 Å². The van der Waals surface area contributed by atoms with E-state index in [0.29, 0.717) is 19.3 Å². The van der Waals surface area contributed by atoms with Crippen LogP contribution in [0.3, 0.4) is 0 Å². The number of hydrogen-bond donors (Lipinski definition) is 7. The van der Waals surface area contributed by atoms with Crippen molar-refractivity contribution >= 4 is 27.6 Å². The predicted molar refractivity (Wildman–Crippen MR) is 246 cm³/mol. The van der Waals surface area contributed by atoms with E-state index in [2.05, 4.69) is 29.8 Å². The molecular weight excluding hydrogens is 870 g/mol. The molecule has 0 aromatic carbocycles. The van der Waals surface area contributed by atoms with E-state index in [1.54, 1.807) is 24.3 Å². The van der Waals surface area contributed by atoms with Gasteiger partial charge in [-0.15, -0.1) is 0 Å². The van der Waals surface area contributed by atoms with Crippen LogP contribution in [-0.2, 0) is 41.8 Å². The van der Waals surface area contributed by atoms with E-state index in [0.717, 1.165) is 50.9 Å². The van der Waals surface area contributed by atoms with Gasteiger partial charge in [0, 0.05) is 18.8 Å². The zero-order valence-corrected chi connectivity index (χ0v) is 40.9. The number of aliphatic hydroxyl groups is 4. The van der Waals surface area contributed by atoms with Gasteiger partial charge in [-0.1, -0.05) is 167 Å². The third kappa shape index (κ3) is 33.9. The molecule has 1 fully saturated rings. The van der Waals surface area contributed by atoms with Gasteiger partial charge in [0.2, 0.25) is 0 Å². The van der Waals surface area contributed by atoms with Gasteiger partial charge >= 0.3 is 27.6 Å². The SMILES string of the molecule is CCCCC[C@@H](O)/C=C/[C@@H]1[C@H](C/C=C\CC(=O)OC[C@H](COP(=O)(O)OC[C@@H](O)COP(=O)(O)O)OC(=O)CCCCCCCCCCCCCCCCCCC(C)C)[C@@H](O)C[C@H]1O. The third-order valence-electron chi connectivity index (χ3n) is 11.4. The Hall–Kier alpha value is -1.52. The topological polar surface area (TPSA) is 256 Å². The normalized spacial score (nSPS) is 20.5. The largest absolute Gasteiger partial charge is 0.472 e. The van der Waals surface area contributed by atoms with Gasteiger partial charge in [0.15, 0.2) is 6.10 Å². The van der Waals surface area contributed by atoms with E-state index in [-0.39, 0.29) is 31.1 Å². The first-order valence-corrected chi connectivity index (χ1v) is 27.2. The molecule has 18 heteroatoms. The molecule has 0 saturated heterocycles. The maximum atomic E-state index is 12.8. The van der Waals surface area contributed by atoms with E-state index >= 15 is 0 Å². The van der Waals surface area contributed by atoms with Crippen molar-refractivity contribution in [2.75, 3.05) is 26.4 Å². The fourth-order valence-electron chi connectivity index (χ4n) is 7.62. The molecule has 1 rings (SSSR count). The number of unbranched alkanes of at least 4 members (excludes halogenated alkanes) is 17. The number of esters is 2. The smallest absolute Gasteiger partial charge is 0.461 e. The number of phosphoric ester groups is 2. The standard InChI is InChI=1S/C46H86O16P2/c1-4-5-20-26-38(47)30-31-42-41(43(49)32-44(42)50)27-23-24-28-45(51)58-35-40(36-61-64(56,57)60-34-39(48)33-59-63(53,54)55)62-46(52)29-22-19-17-15-13-11-9-7-6-8-10-12-14-16-18-21-25-37(2)3/h23-24,30-31,37-44,47-50H,4-22,25-29,32-36H2,1-3H3,(H,56,57)(H2,53,54,55)/b24-23-,31-30+/t38-,39+,40-,41+,42-,43+,44-/m1/s1. The van der Waals surface area contributed by atoms with E-state index < -0.39 is 84.5 Å². The summed E-state index contributed by atoms with van der Waals surface area (Å²) in [4.78, 5) is 53.1. The highest BCUT2D eigenvalue weighted by atomic mass is 31.2. The van der Waals surface area contributed by atoms with Crippen molar-refractivity contribution in [2.24, 2.45) is 17.8 Å². The van der Waals surface area contributed by atoms with Crippen LogP contribution < -0.4 is 0 Å². The predicted octanol–water partition coefficient (Wildman–Crippen LogP) is 8.91. The molecule has 0 spiro atoms. The van der Waals surface area contributed by atoms with Crippen LogP contribution in [0.2, 0.25) is 0 Å². The molecule has 1 aliphatic carbocycles. The summed E-state index contributed by atoms with van der Waals surface area (Å²) in [6.07, 6.45) is 25.9. The molecule has 0 aliphatic heterocycles. The molecule has 64 heavy (non-hydrogen) atoms. The fourth-order valence-corrected chi connectivity index (χ4v) is 8.78. The molecular formula is C46H86O16P2. The number of hydrogen-bond acceptors (Lipinski definition) is 13. The molecule has 7 N–H and O–H groups in total. The number of allylic oxidation sites excluding steroid dienone is 1. The Morgan fingerprint density at radius 3 is 1.75 bits per heavy atom. The maximum absolute atomic E-state index is 12.8. The van der Waals surface area contributed by atoms with Gasteiger partial charge in [0.05, 0.1) is 44.6 Å². The lowest BCUT2D eigenvalue weighted by atomic mass is 9.89. The molecule has 0 radical (unpaired) electrons. The summed E-state index contributed by atoms with van der Waals surface area (Å²) in [5.74, 6) is -1.21. The van der Waals surface area contributed by atoms with E-state index in [4.69, 9.17) is 23.8 Å². The maximum Gasteiger partial charge on any atom is 0.472 e. The van der Waals surface area contributed by atoms with Crippen LogP contribution >= 0.6 is 15.6 Å². The zero-order chi connectivity index (χ0) is 47.6. The highest BCUT2D eigenvalue weighted by Crippen LogP contribution is 2.44. The lowest BCUT2D eigenvalue weighted by Gasteiger charge is -2.20. The number of rotatable bonds is 41. The molecule has 1 unspecified atom stereocenters. The summed E-state index contributed by atoms with van der Waals surface area (Å²) in [6.45, 7) is 3.64. The van der Waals surface area contributed by atoms with Crippen molar-refractivity contribution in [3.05, 3.63) is 24.3 Å². The molecule has 376 valence electrons. The van der Waals surface area contributed by atoms with Gasteiger partial charge in [-0.3, -0.25) is 23.2 Å². The Morgan fingerprint density at radius 1 is 0.656 bits per heavy atom. The first kappa shape index (κ1) is 60.5. The Bertz CT molecular complexity index is 1360. The second kappa shape index (κ2) is 36.5. The molecule has 8 atom stereocenters. The molecule has 0 aromatic rings. The fraction of sp³-hybridized carbons (Fsp3) is 0.870. The van der Waals surface area contributed by atoms with Crippen LogP contribution in [0.25, 0.3) is 0 Å². The quantitative estimate of drug-likeness (QED) is 0.0131. The lowest BCUT2D eigenvalue weighted by molar-refractivity contribution is -0.160. The number of aliphatic hydroxyl groups excluding tert-OH is 4. The summed E-state index contributed by atoms with van der Waals surface area (Å²) in [5.41, 5.74) is 0. The van der Waals surface area contributed by atoms with Crippen molar-refractivity contribution in [3.8, 4) is 0 Å². The zero-order valence-electron chi connectivity index (χ0n) is 39.1. The summed E-state index contributed by atoms with van der Waals surface area (Å²) in [5, 5.41) is 41.2. The van der Waals surface area contributed by atoms with Crippen LogP contribution in [0.5, 0.6) is 0 Å². The van der Waals surface area contributed by atoms with Crippen molar-refractivity contribution in [3.63, 3.8) is 0 Å². The lowest BCUT2D eigenvalue weighted by Crippen LogP contribution is -2.29. The van der Waals surface area contributed by atoms with E-state index in [9.17, 15) is 44.0 Å². The molecule has 0 aromatic heterocycles. The minimum atomic E-state index is -4.90. The second-order valence-corrected chi connectivity index (χ2v) is 20.5. The van der Waals surface area contributed by atoms with Crippen LogP contribution in [0.4, 0.5) is 0 Å². The Kier molecular flexibility index (Phi) is 34.5. The molecule has 0 bridgehead atoms. The van der Waals surface area contributed by atoms with Crippen molar-refractivity contribution in [1.29, 1.82) is 0 Å². The van der Waals surface area contributed by atoms with Crippen LogP contribution in [0.15, 0.2) is 24.3 Å². The van der Waals surface area contributed by atoms with Gasteiger partial charge < -0.3 is 44.6 Å². The number of carbonyl (C=O) groups excluding carboxylic acids is 2. The summed E-state index contributed by atoms with van der Waals surface area (Å²) in [6, 6.07) is 0. The molecule has 0 heterocycles. The summed E-state index contributed by atoms with van der Waals surface area (Å²) < 4.78 is 47.8. The minimum absolute atomic E-state index is 0.0693. The van der Waals surface area contributed by atoms with Crippen LogP contribution in [0, 0.1) is 17.8 Å². The highest BCUT2D eigenvalue weighted by molar-refractivity contribution is 7.47. The van der Waals surface area contributed by atoms with Crippen LogP contribution in [0.1, 0.15) is 181 Å². The van der Waals surface area contributed by atoms with Crippen molar-refractivity contribution in [1.82, 2.24) is 0 Å². The average Bonchev–Trinajstić information content (AvgIpc) is 3.50. The molecule has 0 amide bonds. The molecule has 1 saturated carbocycles. The van der Waals surface area contributed by atoms with Gasteiger partial charge in [0.25, 0.3) is 0 Å². The van der Waals surface area contributed by atoms with Crippen molar-refractivity contribution in [2.45, 2.75) is 212 Å². The summed E-state index contributed by atoms with van der Waals surface area (Å²) in [7, 11) is -9.79. The van der Waals surface area contributed by atoms with E-state index in [1.165, 1.54) is 77.0 Å². The summed E-state index contributed by atoms with van der Waals surface area (Å²) >= 11 is 0. The number of phosphoric acid groups is 2. The number of ether oxygens (including phenoxy) is 2. The van der Waals surface area contributed by atoms with Gasteiger partial charge in [-0.25, -0.2) is 9.13 Å². The minimum Gasteiger partial charge on any atom is -0.461 e. The third-order valence-corrected chi connectivity index (χ3v) is 12.8. The first-order valence-electron chi connectivity index (χ1n) is 24.1. The average molecular weight is 957 g/mol. The Balaban J connectivity index is 2.53.